The van der Waals surface area contributed by atoms with Crippen LogP contribution in [0, 0.1) is 0 Å². The summed E-state index contributed by atoms with van der Waals surface area (Å²) < 4.78 is 6.26. The molecule has 23 heavy (non-hydrogen) atoms. The summed E-state index contributed by atoms with van der Waals surface area (Å²) in [5.74, 6) is 0. The highest BCUT2D eigenvalue weighted by atomic mass is 79.9. The predicted molar refractivity (Wildman–Crippen MR) is 99.1 cm³/mol. The van der Waals surface area contributed by atoms with Crippen molar-refractivity contribution in [1.82, 2.24) is 4.90 Å². The van der Waals surface area contributed by atoms with E-state index in [-0.39, 0.29) is 6.09 Å². The standard InChI is InChI=1S/C17H26BrN3O2/c1-17(2,3)23-16(22)21(5)11-7-10-14(20-4)15-12(18)8-6-9-13(15)19/h6,8-9H,7,10-11,19H2,1-5H3. The Labute approximate surface area is 147 Å². The van der Waals surface area contributed by atoms with Crippen LogP contribution in [0.5, 0.6) is 0 Å². The van der Waals surface area contributed by atoms with E-state index in [1.54, 1.807) is 19.0 Å². The number of amides is 1. The van der Waals surface area contributed by atoms with Gasteiger partial charge in [-0.1, -0.05) is 22.0 Å². The summed E-state index contributed by atoms with van der Waals surface area (Å²) in [6.07, 6.45) is 1.20. The van der Waals surface area contributed by atoms with Gasteiger partial charge in [0, 0.05) is 42.1 Å². The van der Waals surface area contributed by atoms with Crippen molar-refractivity contribution < 1.29 is 9.53 Å². The SMILES string of the molecule is CN=C(CCCN(C)C(=O)OC(C)(C)C)c1c(N)cccc1Br. The van der Waals surface area contributed by atoms with E-state index < -0.39 is 5.60 Å². The highest BCUT2D eigenvalue weighted by Crippen LogP contribution is 2.25. The van der Waals surface area contributed by atoms with Crippen molar-refractivity contribution in [3.63, 3.8) is 0 Å². The van der Waals surface area contributed by atoms with E-state index in [1.165, 1.54) is 0 Å². The Bertz CT molecular complexity index is 559. The Morgan fingerprint density at radius 1 is 1.39 bits per heavy atom. The van der Waals surface area contributed by atoms with Crippen molar-refractivity contribution in [3.8, 4) is 0 Å². The van der Waals surface area contributed by atoms with Gasteiger partial charge in [-0.3, -0.25) is 4.99 Å². The van der Waals surface area contributed by atoms with E-state index in [0.29, 0.717) is 12.2 Å². The van der Waals surface area contributed by atoms with Gasteiger partial charge in [-0.05, 0) is 45.7 Å². The lowest BCUT2D eigenvalue weighted by Crippen LogP contribution is -2.34. The normalized spacial score (nSPS) is 12.2. The fourth-order valence-electron chi connectivity index (χ4n) is 2.11. The number of hydrogen-bond acceptors (Lipinski definition) is 4. The molecule has 0 radical (unpaired) electrons. The largest absolute Gasteiger partial charge is 0.444 e. The first-order chi connectivity index (χ1) is 10.7. The van der Waals surface area contributed by atoms with Crippen LogP contribution in [-0.4, -0.2) is 42.9 Å². The molecule has 0 atom stereocenters. The van der Waals surface area contributed by atoms with E-state index in [1.807, 2.05) is 39.0 Å². The number of nitrogens with two attached hydrogens (primary N) is 1. The maximum atomic E-state index is 11.9. The summed E-state index contributed by atoms with van der Waals surface area (Å²) >= 11 is 3.52. The molecule has 1 aromatic carbocycles. The van der Waals surface area contributed by atoms with Crippen molar-refractivity contribution in [2.24, 2.45) is 4.99 Å². The maximum absolute atomic E-state index is 11.9. The van der Waals surface area contributed by atoms with Crippen LogP contribution in [0.1, 0.15) is 39.2 Å². The zero-order chi connectivity index (χ0) is 17.6. The minimum atomic E-state index is -0.481. The van der Waals surface area contributed by atoms with Crippen LogP contribution in [0.4, 0.5) is 10.5 Å². The van der Waals surface area contributed by atoms with E-state index in [9.17, 15) is 4.79 Å². The highest BCUT2D eigenvalue weighted by Gasteiger charge is 2.19. The number of halogens is 1. The van der Waals surface area contributed by atoms with Crippen molar-refractivity contribution in [1.29, 1.82) is 0 Å². The van der Waals surface area contributed by atoms with Crippen molar-refractivity contribution >= 4 is 33.4 Å². The van der Waals surface area contributed by atoms with Crippen LogP contribution in [-0.2, 0) is 4.74 Å². The van der Waals surface area contributed by atoms with E-state index >= 15 is 0 Å². The van der Waals surface area contributed by atoms with Gasteiger partial charge < -0.3 is 15.4 Å². The number of nitrogens with zero attached hydrogens (tertiary/aromatic N) is 2. The Hall–Kier alpha value is -1.56. The second kappa shape index (κ2) is 8.34. The summed E-state index contributed by atoms with van der Waals surface area (Å²) in [7, 11) is 3.50. The van der Waals surface area contributed by atoms with Gasteiger partial charge in [-0.25, -0.2) is 4.79 Å². The first-order valence-corrected chi connectivity index (χ1v) is 8.39. The molecule has 0 fully saturated rings. The molecule has 0 saturated carbocycles. The minimum Gasteiger partial charge on any atom is -0.444 e. The highest BCUT2D eigenvalue weighted by molar-refractivity contribution is 9.10. The third-order valence-electron chi connectivity index (χ3n) is 3.22. The molecule has 1 rings (SSSR count). The number of aliphatic imine (C=N–C) groups is 1. The lowest BCUT2D eigenvalue weighted by Gasteiger charge is -2.24. The van der Waals surface area contributed by atoms with Crippen LogP contribution in [0.25, 0.3) is 0 Å². The summed E-state index contributed by atoms with van der Waals surface area (Å²) in [6, 6.07) is 5.70. The average molecular weight is 384 g/mol. The average Bonchev–Trinajstić information content (AvgIpc) is 2.43. The van der Waals surface area contributed by atoms with Crippen LogP contribution in [0.2, 0.25) is 0 Å². The van der Waals surface area contributed by atoms with Gasteiger partial charge in [-0.2, -0.15) is 0 Å². The quantitative estimate of drug-likeness (QED) is 0.614. The van der Waals surface area contributed by atoms with Gasteiger partial charge in [0.1, 0.15) is 5.60 Å². The van der Waals surface area contributed by atoms with Gasteiger partial charge in [0.15, 0.2) is 0 Å². The number of nitrogen functional groups attached to an aromatic ring is 1. The number of carbonyl (C=O) groups excluding carboxylic acids is 1. The van der Waals surface area contributed by atoms with Gasteiger partial charge in [0.25, 0.3) is 0 Å². The molecular formula is C17H26BrN3O2. The van der Waals surface area contributed by atoms with Crippen LogP contribution in [0.3, 0.4) is 0 Å². The van der Waals surface area contributed by atoms with Crippen LogP contribution >= 0.6 is 15.9 Å². The molecule has 0 saturated heterocycles. The second-order valence-corrected chi connectivity index (χ2v) is 7.23. The molecule has 0 heterocycles. The Kier molecular flexibility index (Phi) is 7.06. The van der Waals surface area contributed by atoms with Gasteiger partial charge >= 0.3 is 6.09 Å². The summed E-state index contributed by atoms with van der Waals surface area (Å²) in [4.78, 5) is 17.9. The summed E-state index contributed by atoms with van der Waals surface area (Å²) in [6.45, 7) is 6.17. The molecule has 1 amide bonds. The van der Waals surface area contributed by atoms with Crippen molar-refractivity contribution in [2.75, 3.05) is 26.4 Å². The summed E-state index contributed by atoms with van der Waals surface area (Å²) in [5, 5.41) is 0. The van der Waals surface area contributed by atoms with E-state index in [2.05, 4.69) is 20.9 Å². The minimum absolute atomic E-state index is 0.312. The molecule has 1 aromatic rings. The van der Waals surface area contributed by atoms with Gasteiger partial charge in [0.2, 0.25) is 0 Å². The third kappa shape index (κ3) is 6.22. The molecule has 5 nitrogen and oxygen atoms in total. The Balaban J connectivity index is 2.62. The number of benzene rings is 1. The fraction of sp³-hybridized carbons (Fsp3) is 0.529. The first-order valence-electron chi connectivity index (χ1n) is 7.60. The molecule has 0 bridgehead atoms. The molecule has 2 N–H and O–H groups in total. The van der Waals surface area contributed by atoms with E-state index in [4.69, 9.17) is 10.5 Å². The van der Waals surface area contributed by atoms with Crippen LogP contribution < -0.4 is 5.73 Å². The first kappa shape index (κ1) is 19.5. The number of carbonyl (C=O) groups is 1. The fourth-order valence-corrected chi connectivity index (χ4v) is 2.72. The number of rotatable bonds is 5. The lowest BCUT2D eigenvalue weighted by molar-refractivity contribution is 0.0298. The Morgan fingerprint density at radius 3 is 2.57 bits per heavy atom. The van der Waals surface area contributed by atoms with Crippen molar-refractivity contribution in [3.05, 3.63) is 28.2 Å². The molecule has 0 aliphatic carbocycles. The third-order valence-corrected chi connectivity index (χ3v) is 3.88. The molecule has 0 unspecified atom stereocenters. The predicted octanol–water partition coefficient (Wildman–Crippen LogP) is 4.10. The topological polar surface area (TPSA) is 67.9 Å². The number of anilines is 1. The molecular weight excluding hydrogens is 358 g/mol. The zero-order valence-corrected chi connectivity index (χ0v) is 16.1. The molecule has 0 spiro atoms. The van der Waals surface area contributed by atoms with Crippen molar-refractivity contribution in [2.45, 2.75) is 39.2 Å². The molecule has 0 aliphatic heterocycles. The van der Waals surface area contributed by atoms with Gasteiger partial charge in [-0.15, -0.1) is 0 Å². The monoisotopic (exact) mass is 383 g/mol. The smallest absolute Gasteiger partial charge is 0.410 e. The summed E-state index contributed by atoms with van der Waals surface area (Å²) in [5.41, 5.74) is 8.11. The van der Waals surface area contributed by atoms with Gasteiger partial charge in [0.05, 0.1) is 0 Å². The molecule has 6 heteroatoms. The number of ether oxygens (including phenoxy) is 1. The van der Waals surface area contributed by atoms with E-state index in [0.717, 1.165) is 28.6 Å². The zero-order valence-electron chi connectivity index (χ0n) is 14.5. The molecule has 0 aliphatic rings. The molecule has 128 valence electrons. The van der Waals surface area contributed by atoms with Crippen LogP contribution in [0.15, 0.2) is 27.7 Å². The number of hydrogen-bond donors (Lipinski definition) is 1. The Morgan fingerprint density at radius 2 is 2.04 bits per heavy atom. The second-order valence-electron chi connectivity index (χ2n) is 6.38. The molecule has 0 aromatic heterocycles. The lowest BCUT2D eigenvalue weighted by atomic mass is 10.0. The maximum Gasteiger partial charge on any atom is 0.410 e.